The molecule has 30 heavy (non-hydrogen) atoms. The van der Waals surface area contributed by atoms with Gasteiger partial charge in [0.15, 0.2) is 5.11 Å². The van der Waals surface area contributed by atoms with Crippen LogP contribution in [0.2, 0.25) is 0 Å². The summed E-state index contributed by atoms with van der Waals surface area (Å²) in [5.41, 5.74) is 2.52. The van der Waals surface area contributed by atoms with Crippen molar-refractivity contribution in [2.75, 3.05) is 0 Å². The fourth-order valence-corrected chi connectivity index (χ4v) is 5.33. The lowest BCUT2D eigenvalue weighted by molar-refractivity contribution is 0.193. The Kier molecular flexibility index (Phi) is 5.25. The van der Waals surface area contributed by atoms with Crippen LogP contribution >= 0.6 is 12.2 Å². The molecule has 6 heteroatoms. The third kappa shape index (κ3) is 3.39. The molecule has 1 aromatic carbocycles. The van der Waals surface area contributed by atoms with E-state index in [1.54, 1.807) is 6.07 Å². The van der Waals surface area contributed by atoms with E-state index in [2.05, 4.69) is 21.3 Å². The van der Waals surface area contributed by atoms with E-state index in [4.69, 9.17) is 12.2 Å². The van der Waals surface area contributed by atoms with E-state index in [-0.39, 0.29) is 17.9 Å². The van der Waals surface area contributed by atoms with Crippen molar-refractivity contribution in [3.05, 3.63) is 84.2 Å². The Morgan fingerprint density at radius 1 is 0.967 bits per heavy atom. The van der Waals surface area contributed by atoms with Gasteiger partial charge in [-0.1, -0.05) is 37.5 Å². The monoisotopic (exact) mass is 420 g/mol. The quantitative estimate of drug-likeness (QED) is 0.580. The van der Waals surface area contributed by atoms with Gasteiger partial charge in [-0.05, 0) is 61.5 Å². The Hall–Kier alpha value is -2.73. The minimum atomic E-state index is -0.234. The number of hydrogen-bond acceptors (Lipinski definition) is 2. The summed E-state index contributed by atoms with van der Waals surface area (Å²) in [6.45, 7) is 0. The third-order valence-electron chi connectivity index (χ3n) is 6.30. The first-order valence-corrected chi connectivity index (χ1v) is 11.1. The zero-order chi connectivity index (χ0) is 20.5. The molecule has 1 aliphatic carbocycles. The molecule has 2 atom stereocenters. The highest BCUT2D eigenvalue weighted by molar-refractivity contribution is 7.80. The van der Waals surface area contributed by atoms with Gasteiger partial charge in [-0.2, -0.15) is 0 Å². The maximum absolute atomic E-state index is 14.7. The van der Waals surface area contributed by atoms with Crippen molar-refractivity contribution in [1.82, 2.24) is 19.8 Å². The first-order valence-electron chi connectivity index (χ1n) is 10.7. The molecule has 1 saturated heterocycles. The average Bonchev–Trinajstić information content (AvgIpc) is 3.39. The Morgan fingerprint density at radius 2 is 1.77 bits per heavy atom. The molecule has 2 fully saturated rings. The summed E-state index contributed by atoms with van der Waals surface area (Å²) in [6.07, 6.45) is 9.74. The molecule has 0 unspecified atom stereocenters. The lowest BCUT2D eigenvalue weighted by Crippen LogP contribution is -2.40. The number of thiocarbonyl (C=S) groups is 1. The van der Waals surface area contributed by atoms with Gasteiger partial charge >= 0.3 is 0 Å². The Balaban J connectivity index is 1.62. The van der Waals surface area contributed by atoms with E-state index in [0.29, 0.717) is 11.7 Å². The molecule has 1 saturated carbocycles. The molecule has 0 amide bonds. The summed E-state index contributed by atoms with van der Waals surface area (Å²) in [7, 11) is 0. The molecule has 3 aromatic rings. The standard InChI is InChI=1S/C24H25FN4S/c25-18-11-4-5-13-20(18)28-16-8-14-21(28)23-22(19-12-6-7-15-26-19)27-24(30)29(23)17-9-2-1-3-10-17/h4-8,11-17,22-23H,1-3,9-10H2,(H,27,30)/t22-,23+/m0/s1. The summed E-state index contributed by atoms with van der Waals surface area (Å²) in [5.74, 6) is -0.234. The van der Waals surface area contributed by atoms with Crippen molar-refractivity contribution in [2.45, 2.75) is 50.2 Å². The molecule has 0 bridgehead atoms. The average molecular weight is 421 g/mol. The summed E-state index contributed by atoms with van der Waals surface area (Å²) >= 11 is 5.84. The highest BCUT2D eigenvalue weighted by Gasteiger charge is 2.44. The van der Waals surface area contributed by atoms with E-state index < -0.39 is 0 Å². The lowest BCUT2D eigenvalue weighted by atomic mass is 9.92. The van der Waals surface area contributed by atoms with E-state index in [1.165, 1.54) is 25.3 Å². The normalized spacial score (nSPS) is 22.3. The maximum atomic E-state index is 14.7. The first-order chi connectivity index (χ1) is 14.7. The van der Waals surface area contributed by atoms with Crippen LogP contribution in [0.3, 0.4) is 0 Å². The van der Waals surface area contributed by atoms with Crippen LogP contribution in [-0.4, -0.2) is 25.6 Å². The van der Waals surface area contributed by atoms with Crippen LogP contribution < -0.4 is 5.32 Å². The van der Waals surface area contributed by atoms with E-state index in [1.807, 2.05) is 53.4 Å². The molecule has 154 valence electrons. The van der Waals surface area contributed by atoms with Gasteiger partial charge in [-0.15, -0.1) is 0 Å². The number of halogens is 1. The summed E-state index contributed by atoms with van der Waals surface area (Å²) in [4.78, 5) is 6.98. The first kappa shape index (κ1) is 19.2. The molecule has 2 aromatic heterocycles. The van der Waals surface area contributed by atoms with E-state index in [0.717, 1.165) is 29.3 Å². The maximum Gasteiger partial charge on any atom is 0.170 e. The summed E-state index contributed by atoms with van der Waals surface area (Å²) in [5, 5.41) is 4.30. The molecule has 1 aliphatic heterocycles. The van der Waals surface area contributed by atoms with Crippen LogP contribution in [0.4, 0.5) is 4.39 Å². The molecule has 2 aliphatic rings. The number of pyridine rings is 1. The minimum Gasteiger partial charge on any atom is -0.352 e. The van der Waals surface area contributed by atoms with Crippen LogP contribution in [0.25, 0.3) is 5.69 Å². The van der Waals surface area contributed by atoms with Gasteiger partial charge in [-0.25, -0.2) is 4.39 Å². The van der Waals surface area contributed by atoms with Gasteiger partial charge in [-0.3, -0.25) is 4.98 Å². The largest absolute Gasteiger partial charge is 0.352 e. The molecule has 3 heterocycles. The lowest BCUT2D eigenvalue weighted by Gasteiger charge is -2.37. The number of rotatable bonds is 4. The van der Waals surface area contributed by atoms with Crippen LogP contribution in [0.5, 0.6) is 0 Å². The molecule has 4 nitrogen and oxygen atoms in total. The zero-order valence-corrected chi connectivity index (χ0v) is 17.6. The van der Waals surface area contributed by atoms with Gasteiger partial charge in [0.05, 0.1) is 23.5 Å². The predicted molar refractivity (Wildman–Crippen MR) is 120 cm³/mol. The smallest absolute Gasteiger partial charge is 0.170 e. The molecule has 1 N–H and O–H groups in total. The van der Waals surface area contributed by atoms with Gasteiger partial charge in [0.1, 0.15) is 5.82 Å². The Morgan fingerprint density at radius 3 is 2.53 bits per heavy atom. The molecule has 0 spiro atoms. The number of aromatic nitrogens is 2. The van der Waals surface area contributed by atoms with Crippen molar-refractivity contribution in [3.8, 4) is 5.69 Å². The fourth-order valence-electron chi connectivity index (χ4n) is 4.94. The van der Waals surface area contributed by atoms with E-state index in [9.17, 15) is 4.39 Å². The highest BCUT2D eigenvalue weighted by atomic mass is 32.1. The second-order valence-electron chi connectivity index (χ2n) is 8.08. The molecule has 5 rings (SSSR count). The topological polar surface area (TPSA) is 33.1 Å². The van der Waals surface area contributed by atoms with Crippen molar-refractivity contribution < 1.29 is 4.39 Å². The second kappa shape index (κ2) is 8.19. The van der Waals surface area contributed by atoms with Crippen LogP contribution in [-0.2, 0) is 0 Å². The van der Waals surface area contributed by atoms with Crippen LogP contribution in [0, 0.1) is 5.82 Å². The molecule has 0 radical (unpaired) electrons. The number of nitrogens with one attached hydrogen (secondary N) is 1. The van der Waals surface area contributed by atoms with Gasteiger partial charge in [0.25, 0.3) is 0 Å². The number of nitrogens with zero attached hydrogens (tertiary/aromatic N) is 3. The van der Waals surface area contributed by atoms with Crippen molar-refractivity contribution in [1.29, 1.82) is 0 Å². The van der Waals surface area contributed by atoms with Crippen molar-refractivity contribution in [2.24, 2.45) is 0 Å². The Bertz CT molecular complexity index is 1030. The van der Waals surface area contributed by atoms with Crippen molar-refractivity contribution in [3.63, 3.8) is 0 Å². The second-order valence-corrected chi connectivity index (χ2v) is 8.47. The minimum absolute atomic E-state index is 0.0508. The third-order valence-corrected chi connectivity index (χ3v) is 6.63. The SMILES string of the molecule is Fc1ccccc1-n1cccc1[C@@H]1[C@H](c2ccccn2)NC(=S)N1C1CCCCC1. The van der Waals surface area contributed by atoms with Gasteiger partial charge in [0, 0.05) is 24.1 Å². The number of hydrogen-bond donors (Lipinski definition) is 1. The molecular formula is C24H25FN4S. The van der Waals surface area contributed by atoms with E-state index >= 15 is 0 Å². The predicted octanol–water partition coefficient (Wildman–Crippen LogP) is 5.32. The molecular weight excluding hydrogens is 395 g/mol. The summed E-state index contributed by atoms with van der Waals surface area (Å²) in [6, 6.07) is 17.2. The van der Waals surface area contributed by atoms with Crippen molar-refractivity contribution >= 4 is 17.3 Å². The number of para-hydroxylation sites is 1. The van der Waals surface area contributed by atoms with Crippen LogP contribution in [0.15, 0.2) is 67.0 Å². The summed E-state index contributed by atoms with van der Waals surface area (Å²) < 4.78 is 16.6. The van der Waals surface area contributed by atoms with Gasteiger partial charge < -0.3 is 14.8 Å². The number of benzene rings is 1. The zero-order valence-electron chi connectivity index (χ0n) is 16.7. The van der Waals surface area contributed by atoms with Gasteiger partial charge in [0.2, 0.25) is 0 Å². The highest BCUT2D eigenvalue weighted by Crippen LogP contribution is 2.43. The van der Waals surface area contributed by atoms with Crippen LogP contribution in [0.1, 0.15) is 55.6 Å². The fraction of sp³-hybridized carbons (Fsp3) is 0.333. The Labute approximate surface area is 181 Å².